The predicted octanol–water partition coefficient (Wildman–Crippen LogP) is 2.88. The van der Waals surface area contributed by atoms with Gasteiger partial charge in [-0.25, -0.2) is 8.78 Å². The molecule has 28 heavy (non-hydrogen) atoms. The standard InChI is InChI=1S/2C10H17FO3/c2*1-2-14-9(13)8-3-5-10(11,7-12)6-4-8/h2*8,12H,2-7H2,1H3. The first-order valence-electron chi connectivity index (χ1n) is 10.2. The van der Waals surface area contributed by atoms with E-state index in [2.05, 4.69) is 0 Å². The predicted molar refractivity (Wildman–Crippen MR) is 99.0 cm³/mol. The lowest BCUT2D eigenvalue weighted by Crippen LogP contribution is -2.35. The number of hydrogen-bond donors (Lipinski definition) is 2. The Morgan fingerprint density at radius 3 is 1.29 bits per heavy atom. The first kappa shape index (κ1) is 24.8. The van der Waals surface area contributed by atoms with Crippen LogP contribution in [0.25, 0.3) is 0 Å². The van der Waals surface area contributed by atoms with Gasteiger partial charge in [-0.3, -0.25) is 9.59 Å². The molecule has 0 aliphatic heterocycles. The highest BCUT2D eigenvalue weighted by molar-refractivity contribution is 5.72. The highest BCUT2D eigenvalue weighted by Crippen LogP contribution is 2.36. The summed E-state index contributed by atoms with van der Waals surface area (Å²) in [5, 5.41) is 17.6. The topological polar surface area (TPSA) is 93.1 Å². The van der Waals surface area contributed by atoms with Gasteiger partial charge in [-0.1, -0.05) is 0 Å². The zero-order valence-electron chi connectivity index (χ0n) is 16.9. The summed E-state index contributed by atoms with van der Waals surface area (Å²) in [7, 11) is 0. The molecule has 2 rings (SSSR count). The molecular weight excluding hydrogens is 374 g/mol. The van der Waals surface area contributed by atoms with Crippen molar-refractivity contribution in [3.8, 4) is 0 Å². The maximum atomic E-state index is 13.5. The molecule has 0 atom stereocenters. The van der Waals surface area contributed by atoms with E-state index >= 15 is 0 Å². The van der Waals surface area contributed by atoms with Gasteiger partial charge in [0.1, 0.15) is 11.3 Å². The molecule has 2 aliphatic rings. The van der Waals surface area contributed by atoms with Crippen LogP contribution in [-0.2, 0) is 19.1 Å². The van der Waals surface area contributed by atoms with E-state index in [4.69, 9.17) is 19.7 Å². The van der Waals surface area contributed by atoms with Crippen molar-refractivity contribution >= 4 is 11.9 Å². The van der Waals surface area contributed by atoms with Crippen molar-refractivity contribution in [1.29, 1.82) is 0 Å². The van der Waals surface area contributed by atoms with Gasteiger partial charge < -0.3 is 19.7 Å². The van der Waals surface area contributed by atoms with Crippen LogP contribution in [0.2, 0.25) is 0 Å². The van der Waals surface area contributed by atoms with E-state index in [0.717, 1.165) is 0 Å². The van der Waals surface area contributed by atoms with Crippen LogP contribution in [0.5, 0.6) is 0 Å². The summed E-state index contributed by atoms with van der Waals surface area (Å²) in [5.41, 5.74) is -2.94. The number of alkyl halides is 2. The largest absolute Gasteiger partial charge is 0.466 e. The van der Waals surface area contributed by atoms with Crippen molar-refractivity contribution in [3.05, 3.63) is 0 Å². The summed E-state index contributed by atoms with van der Waals surface area (Å²) in [4.78, 5) is 22.6. The molecule has 0 spiro atoms. The molecule has 0 amide bonds. The SMILES string of the molecule is CCOC(=O)C1CCC(F)(CO)CC1.CCOC(=O)C1CCC(F)(CO)CC1. The van der Waals surface area contributed by atoms with Crippen LogP contribution in [0.3, 0.4) is 0 Å². The van der Waals surface area contributed by atoms with Crippen LogP contribution >= 0.6 is 0 Å². The van der Waals surface area contributed by atoms with E-state index in [-0.39, 0.29) is 49.5 Å². The Hall–Kier alpha value is -1.28. The Balaban J connectivity index is 0.000000280. The molecule has 2 N–H and O–H groups in total. The molecule has 0 aromatic heterocycles. The van der Waals surface area contributed by atoms with E-state index in [1.54, 1.807) is 13.8 Å². The van der Waals surface area contributed by atoms with Crippen molar-refractivity contribution in [2.24, 2.45) is 11.8 Å². The minimum atomic E-state index is -1.47. The molecule has 0 aromatic carbocycles. The van der Waals surface area contributed by atoms with Crippen LogP contribution in [0.1, 0.15) is 65.2 Å². The second-order valence-corrected chi connectivity index (χ2v) is 7.67. The number of hydrogen-bond acceptors (Lipinski definition) is 6. The molecular formula is C20H34F2O6. The highest BCUT2D eigenvalue weighted by atomic mass is 19.1. The van der Waals surface area contributed by atoms with Crippen molar-refractivity contribution in [1.82, 2.24) is 0 Å². The maximum absolute atomic E-state index is 13.5. The zero-order chi connectivity index (χ0) is 21.2. The molecule has 8 heteroatoms. The molecule has 6 nitrogen and oxygen atoms in total. The molecule has 0 radical (unpaired) electrons. The fourth-order valence-corrected chi connectivity index (χ4v) is 3.58. The summed E-state index contributed by atoms with van der Waals surface area (Å²) in [6.45, 7) is 3.37. The smallest absolute Gasteiger partial charge is 0.308 e. The van der Waals surface area contributed by atoms with Gasteiger partial charge in [0.15, 0.2) is 0 Å². The quantitative estimate of drug-likeness (QED) is 0.657. The summed E-state index contributed by atoms with van der Waals surface area (Å²) < 4.78 is 36.8. The monoisotopic (exact) mass is 408 g/mol. The van der Waals surface area contributed by atoms with Crippen molar-refractivity contribution < 1.29 is 38.1 Å². The molecule has 2 fully saturated rings. The molecule has 164 valence electrons. The van der Waals surface area contributed by atoms with Gasteiger partial charge in [0.25, 0.3) is 0 Å². The van der Waals surface area contributed by atoms with Crippen LogP contribution in [-0.4, -0.2) is 59.9 Å². The molecule has 0 saturated heterocycles. The summed E-state index contributed by atoms with van der Waals surface area (Å²) in [6.07, 6.45) is 2.96. The minimum Gasteiger partial charge on any atom is -0.466 e. The summed E-state index contributed by atoms with van der Waals surface area (Å²) in [6, 6.07) is 0. The Bertz CT molecular complexity index is 439. The van der Waals surface area contributed by atoms with Crippen molar-refractivity contribution in [3.63, 3.8) is 0 Å². The van der Waals surface area contributed by atoms with Gasteiger partial charge in [0, 0.05) is 0 Å². The molecule has 0 heterocycles. The number of ether oxygens (including phenoxy) is 2. The zero-order valence-corrected chi connectivity index (χ0v) is 16.9. The van der Waals surface area contributed by atoms with Gasteiger partial charge in [-0.15, -0.1) is 0 Å². The van der Waals surface area contributed by atoms with E-state index in [1.807, 2.05) is 0 Å². The normalized spacial score (nSPS) is 32.6. The summed E-state index contributed by atoms with van der Waals surface area (Å²) >= 11 is 0. The summed E-state index contributed by atoms with van der Waals surface area (Å²) in [5.74, 6) is -0.810. The fourth-order valence-electron chi connectivity index (χ4n) is 3.58. The Morgan fingerprint density at radius 2 is 1.07 bits per heavy atom. The second-order valence-electron chi connectivity index (χ2n) is 7.67. The molecule has 0 unspecified atom stereocenters. The third-order valence-electron chi connectivity index (χ3n) is 5.57. The van der Waals surface area contributed by atoms with Crippen LogP contribution in [0.15, 0.2) is 0 Å². The fraction of sp³-hybridized carbons (Fsp3) is 0.900. The Kier molecular flexibility index (Phi) is 10.3. The minimum absolute atomic E-state index is 0.176. The molecule has 0 bridgehead atoms. The third-order valence-corrected chi connectivity index (χ3v) is 5.57. The Morgan fingerprint density at radius 1 is 0.786 bits per heavy atom. The van der Waals surface area contributed by atoms with Gasteiger partial charge in [-0.2, -0.15) is 0 Å². The van der Waals surface area contributed by atoms with Gasteiger partial charge in [0.05, 0.1) is 38.3 Å². The van der Waals surface area contributed by atoms with Gasteiger partial charge in [-0.05, 0) is 65.2 Å². The van der Waals surface area contributed by atoms with E-state index in [0.29, 0.717) is 38.9 Å². The number of rotatable bonds is 6. The number of carbonyl (C=O) groups is 2. The van der Waals surface area contributed by atoms with Crippen LogP contribution < -0.4 is 0 Å². The number of aliphatic hydroxyl groups is 2. The second kappa shape index (κ2) is 11.7. The molecule has 2 aliphatic carbocycles. The Labute approximate surface area is 165 Å². The molecule has 0 aromatic rings. The highest BCUT2D eigenvalue weighted by Gasteiger charge is 2.38. The maximum Gasteiger partial charge on any atom is 0.308 e. The van der Waals surface area contributed by atoms with E-state index in [9.17, 15) is 18.4 Å². The number of carbonyl (C=O) groups excluding carboxylic acids is 2. The van der Waals surface area contributed by atoms with Crippen molar-refractivity contribution in [2.75, 3.05) is 26.4 Å². The lowest BCUT2D eigenvalue weighted by molar-refractivity contribution is -0.151. The van der Waals surface area contributed by atoms with Crippen LogP contribution in [0, 0.1) is 11.8 Å². The van der Waals surface area contributed by atoms with Gasteiger partial charge >= 0.3 is 11.9 Å². The lowest BCUT2D eigenvalue weighted by Gasteiger charge is -2.31. The van der Waals surface area contributed by atoms with E-state index in [1.165, 1.54) is 0 Å². The average Bonchev–Trinajstić information content (AvgIpc) is 2.70. The lowest BCUT2D eigenvalue weighted by atomic mass is 9.80. The number of aliphatic hydroxyl groups excluding tert-OH is 2. The van der Waals surface area contributed by atoms with Crippen molar-refractivity contribution in [2.45, 2.75) is 76.6 Å². The first-order chi connectivity index (χ1) is 13.2. The van der Waals surface area contributed by atoms with Crippen LogP contribution in [0.4, 0.5) is 8.78 Å². The average molecular weight is 408 g/mol. The molecule has 2 saturated carbocycles. The number of esters is 2. The van der Waals surface area contributed by atoms with Gasteiger partial charge in [0.2, 0.25) is 0 Å². The third kappa shape index (κ3) is 7.62. The first-order valence-corrected chi connectivity index (χ1v) is 10.2. The number of halogens is 2. The van der Waals surface area contributed by atoms with E-state index < -0.39 is 24.6 Å².